The molecule has 1 saturated carbocycles. The number of hydrogen-bond donors (Lipinski definition) is 1. The molecule has 0 aromatic heterocycles. The lowest BCUT2D eigenvalue weighted by Gasteiger charge is -2.31. The summed E-state index contributed by atoms with van der Waals surface area (Å²) in [6.45, 7) is 1.53. The summed E-state index contributed by atoms with van der Waals surface area (Å²) >= 11 is 0. The van der Waals surface area contributed by atoms with Crippen molar-refractivity contribution in [2.45, 2.75) is 44.8 Å². The molecule has 1 aromatic carbocycles. The molecule has 1 aliphatic rings. The van der Waals surface area contributed by atoms with Crippen molar-refractivity contribution in [3.05, 3.63) is 35.1 Å². The molecule has 0 aliphatic heterocycles. The van der Waals surface area contributed by atoms with E-state index in [0.717, 1.165) is 0 Å². The van der Waals surface area contributed by atoms with E-state index in [9.17, 15) is 22.4 Å². The van der Waals surface area contributed by atoms with E-state index in [2.05, 4.69) is 5.32 Å². The van der Waals surface area contributed by atoms with E-state index in [4.69, 9.17) is 0 Å². The molecule has 2 unspecified atom stereocenters. The fourth-order valence-electron chi connectivity index (χ4n) is 2.67. The Morgan fingerprint density at radius 3 is 2.62 bits per heavy atom. The van der Waals surface area contributed by atoms with Gasteiger partial charge in [-0.15, -0.1) is 0 Å². The summed E-state index contributed by atoms with van der Waals surface area (Å²) in [4.78, 5) is 12.0. The summed E-state index contributed by atoms with van der Waals surface area (Å²) in [5, 5.41) is 2.62. The van der Waals surface area contributed by atoms with Crippen LogP contribution in [0.4, 0.5) is 17.6 Å². The fraction of sp³-hybridized carbons (Fsp3) is 0.533. The zero-order valence-electron chi connectivity index (χ0n) is 11.6. The number of nitrogens with one attached hydrogen (secondary N) is 1. The van der Waals surface area contributed by atoms with Crippen molar-refractivity contribution >= 4 is 5.91 Å². The minimum atomic E-state index is -4.21. The highest BCUT2D eigenvalue weighted by Crippen LogP contribution is 2.37. The van der Waals surface area contributed by atoms with Crippen LogP contribution in [0, 0.1) is 18.7 Å². The fourth-order valence-corrected chi connectivity index (χ4v) is 2.67. The molecule has 2 rings (SSSR count). The van der Waals surface area contributed by atoms with Crippen LogP contribution < -0.4 is 5.32 Å². The lowest BCUT2D eigenvalue weighted by molar-refractivity contribution is -0.183. The Morgan fingerprint density at radius 1 is 1.29 bits per heavy atom. The molecule has 1 fully saturated rings. The number of halogens is 4. The zero-order chi connectivity index (χ0) is 15.6. The van der Waals surface area contributed by atoms with E-state index >= 15 is 0 Å². The number of carbonyl (C=O) groups is 1. The average molecular weight is 303 g/mol. The van der Waals surface area contributed by atoms with Gasteiger partial charge in [-0.2, -0.15) is 13.2 Å². The van der Waals surface area contributed by atoms with E-state index in [1.54, 1.807) is 0 Å². The number of hydrogen-bond acceptors (Lipinski definition) is 1. The zero-order valence-corrected chi connectivity index (χ0v) is 11.6. The maximum Gasteiger partial charge on any atom is 0.391 e. The minimum Gasteiger partial charge on any atom is -0.349 e. The minimum absolute atomic E-state index is 0.0879. The van der Waals surface area contributed by atoms with E-state index in [1.807, 2.05) is 0 Å². The molecule has 0 saturated heterocycles. The van der Waals surface area contributed by atoms with Gasteiger partial charge in [0.15, 0.2) is 0 Å². The second-order valence-electron chi connectivity index (χ2n) is 5.54. The Hall–Kier alpha value is -1.59. The first-order chi connectivity index (χ1) is 9.77. The van der Waals surface area contributed by atoms with Gasteiger partial charge in [-0.05, 0) is 49.9 Å². The van der Waals surface area contributed by atoms with Gasteiger partial charge >= 0.3 is 6.18 Å². The largest absolute Gasteiger partial charge is 0.391 e. The first-order valence-electron chi connectivity index (χ1n) is 6.91. The Bertz CT molecular complexity index is 527. The summed E-state index contributed by atoms with van der Waals surface area (Å²) in [7, 11) is 0. The second-order valence-corrected chi connectivity index (χ2v) is 5.54. The molecule has 21 heavy (non-hydrogen) atoms. The molecular formula is C15H17F4NO. The number of amides is 1. The SMILES string of the molecule is Cc1cc(C(=O)NC2CCCC(C(F)(F)F)C2)ccc1F. The van der Waals surface area contributed by atoms with Crippen LogP contribution in [0.5, 0.6) is 0 Å². The number of benzene rings is 1. The van der Waals surface area contributed by atoms with Gasteiger partial charge in [-0.25, -0.2) is 4.39 Å². The van der Waals surface area contributed by atoms with Crippen LogP contribution in [0.3, 0.4) is 0 Å². The second kappa shape index (κ2) is 6.03. The van der Waals surface area contributed by atoms with Crippen molar-refractivity contribution in [2.24, 2.45) is 5.92 Å². The summed E-state index contributed by atoms with van der Waals surface area (Å²) in [5.74, 6) is -2.22. The third-order valence-corrected chi connectivity index (χ3v) is 3.89. The van der Waals surface area contributed by atoms with Crippen LogP contribution in [0.25, 0.3) is 0 Å². The van der Waals surface area contributed by atoms with E-state index in [0.29, 0.717) is 18.4 Å². The van der Waals surface area contributed by atoms with Crippen LogP contribution in [0.1, 0.15) is 41.6 Å². The maximum atomic E-state index is 13.1. The number of rotatable bonds is 2. The van der Waals surface area contributed by atoms with E-state index < -0.39 is 29.9 Å². The summed E-state index contributed by atoms with van der Waals surface area (Å²) in [6.07, 6.45) is -3.20. The molecule has 1 amide bonds. The molecule has 0 bridgehead atoms. The van der Waals surface area contributed by atoms with Gasteiger partial charge in [0.2, 0.25) is 0 Å². The molecule has 0 spiro atoms. The Labute approximate surface area is 120 Å². The van der Waals surface area contributed by atoms with Gasteiger partial charge in [0.1, 0.15) is 5.82 Å². The van der Waals surface area contributed by atoms with Gasteiger partial charge in [0, 0.05) is 11.6 Å². The van der Waals surface area contributed by atoms with E-state index in [-0.39, 0.29) is 18.4 Å². The van der Waals surface area contributed by atoms with Crippen molar-refractivity contribution < 1.29 is 22.4 Å². The number of aryl methyl sites for hydroxylation is 1. The summed E-state index contributed by atoms with van der Waals surface area (Å²) < 4.78 is 51.3. The Kier molecular flexibility index (Phi) is 4.54. The molecule has 2 atom stereocenters. The van der Waals surface area contributed by atoms with Gasteiger partial charge in [0.05, 0.1) is 5.92 Å². The van der Waals surface area contributed by atoms with Gasteiger partial charge in [-0.3, -0.25) is 4.79 Å². The van der Waals surface area contributed by atoms with Crippen molar-refractivity contribution in [1.82, 2.24) is 5.32 Å². The van der Waals surface area contributed by atoms with Crippen LogP contribution in [0.2, 0.25) is 0 Å². The quantitative estimate of drug-likeness (QED) is 0.823. The maximum absolute atomic E-state index is 13.1. The average Bonchev–Trinajstić information content (AvgIpc) is 2.41. The lowest BCUT2D eigenvalue weighted by Crippen LogP contribution is -2.41. The predicted octanol–water partition coefficient (Wildman–Crippen LogP) is 3.99. The smallest absolute Gasteiger partial charge is 0.349 e. The highest BCUT2D eigenvalue weighted by molar-refractivity contribution is 5.94. The molecule has 0 heterocycles. The van der Waals surface area contributed by atoms with Gasteiger partial charge in [0.25, 0.3) is 5.91 Å². The van der Waals surface area contributed by atoms with Gasteiger partial charge < -0.3 is 5.32 Å². The van der Waals surface area contributed by atoms with Crippen LogP contribution >= 0.6 is 0 Å². The summed E-state index contributed by atoms with van der Waals surface area (Å²) in [5.41, 5.74) is 0.600. The standard InChI is InChI=1S/C15H17F4NO/c1-9-7-10(5-6-13(9)16)14(21)20-12-4-2-3-11(8-12)15(17,18)19/h5-7,11-12H,2-4,8H2,1H3,(H,20,21). The van der Waals surface area contributed by atoms with Gasteiger partial charge in [-0.1, -0.05) is 6.42 Å². The third-order valence-electron chi connectivity index (χ3n) is 3.89. The normalized spacial score (nSPS) is 22.9. The molecule has 1 aromatic rings. The molecule has 6 heteroatoms. The number of alkyl halides is 3. The van der Waals surface area contributed by atoms with Crippen LogP contribution in [-0.4, -0.2) is 18.1 Å². The Balaban J connectivity index is 2.00. The summed E-state index contributed by atoms with van der Waals surface area (Å²) in [6, 6.07) is 3.43. The van der Waals surface area contributed by atoms with Crippen molar-refractivity contribution in [1.29, 1.82) is 0 Å². The molecule has 1 aliphatic carbocycles. The van der Waals surface area contributed by atoms with Crippen molar-refractivity contribution in [2.75, 3.05) is 0 Å². The van der Waals surface area contributed by atoms with Crippen LogP contribution in [-0.2, 0) is 0 Å². The van der Waals surface area contributed by atoms with Crippen molar-refractivity contribution in [3.8, 4) is 0 Å². The Morgan fingerprint density at radius 2 is 2.00 bits per heavy atom. The first kappa shape index (κ1) is 15.8. The highest BCUT2D eigenvalue weighted by atomic mass is 19.4. The van der Waals surface area contributed by atoms with Crippen molar-refractivity contribution in [3.63, 3.8) is 0 Å². The molecule has 1 N–H and O–H groups in total. The lowest BCUT2D eigenvalue weighted by atomic mass is 9.85. The van der Waals surface area contributed by atoms with E-state index in [1.165, 1.54) is 25.1 Å². The third kappa shape index (κ3) is 3.95. The first-order valence-corrected chi connectivity index (χ1v) is 6.91. The highest BCUT2D eigenvalue weighted by Gasteiger charge is 2.42. The monoisotopic (exact) mass is 303 g/mol. The topological polar surface area (TPSA) is 29.1 Å². The van der Waals surface area contributed by atoms with Crippen LogP contribution in [0.15, 0.2) is 18.2 Å². The molecule has 116 valence electrons. The number of carbonyl (C=O) groups excluding carboxylic acids is 1. The molecule has 0 radical (unpaired) electrons. The molecule has 2 nitrogen and oxygen atoms in total. The molecular weight excluding hydrogens is 286 g/mol. The predicted molar refractivity (Wildman–Crippen MR) is 70.4 cm³/mol.